The Balaban J connectivity index is 1.70. The van der Waals surface area contributed by atoms with E-state index in [1.807, 2.05) is 36.5 Å². The Morgan fingerprint density at radius 2 is 1.96 bits per heavy atom. The van der Waals surface area contributed by atoms with Crippen molar-refractivity contribution in [2.24, 2.45) is 0 Å². The third-order valence-electron chi connectivity index (χ3n) is 4.29. The highest BCUT2D eigenvalue weighted by Crippen LogP contribution is 2.27. The van der Waals surface area contributed by atoms with Gasteiger partial charge in [-0.25, -0.2) is 0 Å². The van der Waals surface area contributed by atoms with Crippen LogP contribution >= 0.6 is 0 Å². The SMILES string of the molecule is N#C[C@H](Nc1ccc2c(c1)CNC2)c1cncc2ccccc12. The second-order valence-corrected chi connectivity index (χ2v) is 5.74. The predicted molar refractivity (Wildman–Crippen MR) is 90.7 cm³/mol. The molecule has 0 amide bonds. The molecule has 1 atom stereocenters. The zero-order valence-electron chi connectivity index (χ0n) is 12.6. The maximum Gasteiger partial charge on any atom is 0.142 e. The zero-order chi connectivity index (χ0) is 15.6. The summed E-state index contributed by atoms with van der Waals surface area (Å²) in [6, 6.07) is 16.2. The average molecular weight is 300 g/mol. The summed E-state index contributed by atoms with van der Waals surface area (Å²) in [6.07, 6.45) is 3.60. The summed E-state index contributed by atoms with van der Waals surface area (Å²) < 4.78 is 0. The lowest BCUT2D eigenvalue weighted by Crippen LogP contribution is -2.09. The van der Waals surface area contributed by atoms with E-state index in [2.05, 4.69) is 33.8 Å². The fourth-order valence-electron chi connectivity index (χ4n) is 3.10. The predicted octanol–water partition coefficient (Wildman–Crippen LogP) is 3.51. The minimum absolute atomic E-state index is 0.430. The van der Waals surface area contributed by atoms with Gasteiger partial charge in [0.15, 0.2) is 0 Å². The second-order valence-electron chi connectivity index (χ2n) is 5.74. The Morgan fingerprint density at radius 1 is 1.09 bits per heavy atom. The molecule has 0 saturated heterocycles. The van der Waals surface area contributed by atoms with Gasteiger partial charge in [-0.1, -0.05) is 30.3 Å². The molecular formula is C19H16N4. The molecule has 0 fully saturated rings. The number of hydrogen-bond donors (Lipinski definition) is 2. The van der Waals surface area contributed by atoms with E-state index in [1.165, 1.54) is 11.1 Å². The molecule has 23 heavy (non-hydrogen) atoms. The number of anilines is 1. The summed E-state index contributed by atoms with van der Waals surface area (Å²) in [7, 11) is 0. The third-order valence-corrected chi connectivity index (χ3v) is 4.29. The van der Waals surface area contributed by atoms with E-state index in [1.54, 1.807) is 6.20 Å². The van der Waals surface area contributed by atoms with E-state index in [-0.39, 0.29) is 0 Å². The van der Waals surface area contributed by atoms with Gasteiger partial charge in [0.2, 0.25) is 0 Å². The molecular weight excluding hydrogens is 284 g/mol. The average Bonchev–Trinajstić information content (AvgIpc) is 3.07. The van der Waals surface area contributed by atoms with Gasteiger partial charge >= 0.3 is 0 Å². The smallest absolute Gasteiger partial charge is 0.142 e. The normalized spacial score (nSPS) is 14.2. The Labute approximate surface area is 134 Å². The van der Waals surface area contributed by atoms with E-state index in [9.17, 15) is 5.26 Å². The monoisotopic (exact) mass is 300 g/mol. The van der Waals surface area contributed by atoms with Gasteiger partial charge in [0, 0.05) is 42.1 Å². The second kappa shape index (κ2) is 5.71. The van der Waals surface area contributed by atoms with Crippen LogP contribution in [0.2, 0.25) is 0 Å². The zero-order valence-corrected chi connectivity index (χ0v) is 12.6. The largest absolute Gasteiger partial charge is 0.366 e. The Morgan fingerprint density at radius 3 is 2.87 bits per heavy atom. The number of nitrogens with zero attached hydrogens (tertiary/aromatic N) is 2. The molecule has 112 valence electrons. The quantitative estimate of drug-likeness (QED) is 0.777. The molecule has 0 radical (unpaired) electrons. The van der Waals surface area contributed by atoms with Crippen molar-refractivity contribution in [1.82, 2.24) is 10.3 Å². The molecule has 0 unspecified atom stereocenters. The molecule has 2 heterocycles. The lowest BCUT2D eigenvalue weighted by molar-refractivity contribution is 0.765. The number of pyridine rings is 1. The molecule has 1 aliphatic heterocycles. The highest BCUT2D eigenvalue weighted by molar-refractivity contribution is 5.85. The Bertz CT molecular complexity index is 905. The van der Waals surface area contributed by atoms with Crippen LogP contribution in [0.25, 0.3) is 10.8 Å². The summed E-state index contributed by atoms with van der Waals surface area (Å²) in [5.41, 5.74) is 4.50. The van der Waals surface area contributed by atoms with Crippen LogP contribution in [0.15, 0.2) is 54.9 Å². The summed E-state index contributed by atoms with van der Waals surface area (Å²) in [4.78, 5) is 4.28. The van der Waals surface area contributed by atoms with E-state index in [0.29, 0.717) is 0 Å². The van der Waals surface area contributed by atoms with Gasteiger partial charge in [0.05, 0.1) is 6.07 Å². The van der Waals surface area contributed by atoms with Gasteiger partial charge in [-0.05, 0) is 28.6 Å². The first-order valence-electron chi connectivity index (χ1n) is 7.66. The lowest BCUT2D eigenvalue weighted by atomic mass is 10.0. The highest BCUT2D eigenvalue weighted by atomic mass is 14.9. The van der Waals surface area contributed by atoms with Crippen molar-refractivity contribution in [3.63, 3.8) is 0 Å². The van der Waals surface area contributed by atoms with Gasteiger partial charge in [0.1, 0.15) is 6.04 Å². The first-order valence-corrected chi connectivity index (χ1v) is 7.66. The standard InChI is InChI=1S/C19H16N4/c20-8-19(18-12-22-10-14-3-1-2-4-17(14)18)23-16-6-5-13-9-21-11-15(13)7-16/h1-7,10,12,19,21,23H,9,11H2/t19-/m0/s1. The molecule has 1 aromatic heterocycles. The van der Waals surface area contributed by atoms with E-state index < -0.39 is 6.04 Å². The molecule has 0 saturated carbocycles. The van der Waals surface area contributed by atoms with E-state index in [4.69, 9.17) is 0 Å². The molecule has 4 heteroatoms. The highest BCUT2D eigenvalue weighted by Gasteiger charge is 2.16. The molecule has 1 aliphatic rings. The first-order chi connectivity index (χ1) is 11.3. The molecule has 4 nitrogen and oxygen atoms in total. The third kappa shape index (κ3) is 2.52. The van der Waals surface area contributed by atoms with Gasteiger partial charge < -0.3 is 10.6 Å². The summed E-state index contributed by atoms with van der Waals surface area (Å²) in [5, 5.41) is 18.4. The minimum atomic E-state index is -0.430. The molecule has 0 spiro atoms. The van der Waals surface area contributed by atoms with Crippen LogP contribution < -0.4 is 10.6 Å². The van der Waals surface area contributed by atoms with Gasteiger partial charge in [-0.15, -0.1) is 0 Å². The molecule has 2 aromatic carbocycles. The van der Waals surface area contributed by atoms with Crippen LogP contribution in [0.3, 0.4) is 0 Å². The number of aromatic nitrogens is 1. The minimum Gasteiger partial charge on any atom is -0.366 e. The van der Waals surface area contributed by atoms with Crippen molar-refractivity contribution in [3.05, 3.63) is 71.5 Å². The molecule has 0 bridgehead atoms. The van der Waals surface area contributed by atoms with Crippen molar-refractivity contribution in [2.45, 2.75) is 19.1 Å². The maximum absolute atomic E-state index is 9.64. The summed E-state index contributed by atoms with van der Waals surface area (Å²) in [6.45, 7) is 1.81. The maximum atomic E-state index is 9.64. The van der Waals surface area contributed by atoms with Crippen molar-refractivity contribution in [1.29, 1.82) is 5.26 Å². The fraction of sp³-hybridized carbons (Fsp3) is 0.158. The van der Waals surface area contributed by atoms with Crippen LogP contribution in [-0.2, 0) is 13.1 Å². The van der Waals surface area contributed by atoms with Crippen LogP contribution in [0.5, 0.6) is 0 Å². The fourth-order valence-corrected chi connectivity index (χ4v) is 3.10. The molecule has 4 rings (SSSR count). The number of nitriles is 1. The van der Waals surface area contributed by atoms with Crippen molar-refractivity contribution < 1.29 is 0 Å². The van der Waals surface area contributed by atoms with Crippen LogP contribution in [0, 0.1) is 11.3 Å². The van der Waals surface area contributed by atoms with Crippen molar-refractivity contribution >= 4 is 16.5 Å². The first kappa shape index (κ1) is 13.7. The molecule has 2 N–H and O–H groups in total. The van der Waals surface area contributed by atoms with E-state index in [0.717, 1.165) is 35.1 Å². The Kier molecular flexibility index (Phi) is 3.41. The van der Waals surface area contributed by atoms with Gasteiger partial charge in [-0.2, -0.15) is 5.26 Å². The van der Waals surface area contributed by atoms with Crippen molar-refractivity contribution in [2.75, 3.05) is 5.32 Å². The number of rotatable bonds is 3. The Hall–Kier alpha value is -2.90. The topological polar surface area (TPSA) is 60.7 Å². The van der Waals surface area contributed by atoms with Crippen molar-refractivity contribution in [3.8, 4) is 6.07 Å². The number of hydrogen-bond acceptors (Lipinski definition) is 4. The van der Waals surface area contributed by atoms with Crippen LogP contribution in [0.4, 0.5) is 5.69 Å². The van der Waals surface area contributed by atoms with Gasteiger partial charge in [-0.3, -0.25) is 4.98 Å². The number of nitrogens with one attached hydrogen (secondary N) is 2. The van der Waals surface area contributed by atoms with E-state index >= 15 is 0 Å². The van der Waals surface area contributed by atoms with Gasteiger partial charge in [0.25, 0.3) is 0 Å². The molecule has 3 aromatic rings. The van der Waals surface area contributed by atoms with Crippen LogP contribution in [0.1, 0.15) is 22.7 Å². The lowest BCUT2D eigenvalue weighted by Gasteiger charge is -2.16. The molecule has 0 aliphatic carbocycles. The summed E-state index contributed by atoms with van der Waals surface area (Å²) in [5.74, 6) is 0. The number of benzene rings is 2. The van der Waals surface area contributed by atoms with Crippen LogP contribution in [-0.4, -0.2) is 4.98 Å². The number of fused-ring (bicyclic) bond motifs is 2. The summed E-state index contributed by atoms with van der Waals surface area (Å²) >= 11 is 0.